The third kappa shape index (κ3) is 2.87. The fraction of sp³-hybridized carbons (Fsp3) is 0.583. The van der Waals surface area contributed by atoms with E-state index in [1.165, 1.54) is 44.1 Å². The van der Waals surface area contributed by atoms with Gasteiger partial charge in [-0.2, -0.15) is 0 Å². The number of hydrogen-bond donors (Lipinski definition) is 0. The molecule has 0 aromatic heterocycles. The smallest absolute Gasteiger partial charge is 0.148 e. The standard InChI is InChI=1S/C24H28O2/c1-5-9-25-19-7-8-20(21(11-19)26-10-6-2)24-14-18-12-22(3,16-24)15-23(4,13-18)17-24/h1-2,7-8,11,18H,9-10,12-17H2,3-4H3. The molecule has 136 valence electrons. The Labute approximate surface area is 157 Å². The Morgan fingerprint density at radius 2 is 1.62 bits per heavy atom. The lowest BCUT2D eigenvalue weighted by atomic mass is 9.39. The van der Waals surface area contributed by atoms with E-state index in [4.69, 9.17) is 22.3 Å². The Kier molecular flexibility index (Phi) is 4.00. The maximum absolute atomic E-state index is 5.99. The molecular formula is C24H28O2. The highest BCUT2D eigenvalue weighted by Crippen LogP contribution is 2.70. The van der Waals surface area contributed by atoms with E-state index in [1.807, 2.05) is 12.1 Å². The molecule has 4 aliphatic carbocycles. The Hall–Kier alpha value is -2.06. The summed E-state index contributed by atoms with van der Waals surface area (Å²) in [6.07, 6.45) is 18.7. The second kappa shape index (κ2) is 5.99. The summed E-state index contributed by atoms with van der Waals surface area (Å²) in [7, 11) is 0. The SMILES string of the molecule is C#CCOc1ccc(C23CC4CC(C)(CC(C)(C4)C2)C3)c(OCC#C)c1. The van der Waals surface area contributed by atoms with E-state index in [2.05, 4.69) is 31.8 Å². The molecule has 2 heteroatoms. The summed E-state index contributed by atoms with van der Waals surface area (Å²) >= 11 is 0. The molecule has 1 aromatic carbocycles. The molecule has 5 rings (SSSR count). The van der Waals surface area contributed by atoms with Crippen molar-refractivity contribution in [3.63, 3.8) is 0 Å². The molecule has 1 aromatic rings. The zero-order chi connectivity index (χ0) is 18.4. The van der Waals surface area contributed by atoms with Crippen molar-refractivity contribution in [2.75, 3.05) is 13.2 Å². The van der Waals surface area contributed by atoms with Crippen molar-refractivity contribution in [3.05, 3.63) is 23.8 Å². The zero-order valence-electron chi connectivity index (χ0n) is 15.9. The van der Waals surface area contributed by atoms with Crippen molar-refractivity contribution >= 4 is 0 Å². The zero-order valence-corrected chi connectivity index (χ0v) is 15.9. The summed E-state index contributed by atoms with van der Waals surface area (Å²) in [6, 6.07) is 6.23. The van der Waals surface area contributed by atoms with Crippen LogP contribution in [0.15, 0.2) is 18.2 Å². The van der Waals surface area contributed by atoms with Crippen molar-refractivity contribution in [1.29, 1.82) is 0 Å². The first-order valence-corrected chi connectivity index (χ1v) is 9.66. The van der Waals surface area contributed by atoms with Gasteiger partial charge in [-0.25, -0.2) is 0 Å². The van der Waals surface area contributed by atoms with Crippen LogP contribution in [0.5, 0.6) is 11.5 Å². The topological polar surface area (TPSA) is 18.5 Å². The molecule has 0 heterocycles. The van der Waals surface area contributed by atoms with Crippen LogP contribution in [0, 0.1) is 41.4 Å². The van der Waals surface area contributed by atoms with Gasteiger partial charge in [0.1, 0.15) is 24.7 Å². The van der Waals surface area contributed by atoms with Crippen LogP contribution in [0.2, 0.25) is 0 Å². The average Bonchev–Trinajstić information content (AvgIpc) is 2.54. The Morgan fingerprint density at radius 3 is 2.23 bits per heavy atom. The number of terminal acetylenes is 2. The molecule has 2 atom stereocenters. The monoisotopic (exact) mass is 348 g/mol. The van der Waals surface area contributed by atoms with Crippen LogP contribution < -0.4 is 9.47 Å². The van der Waals surface area contributed by atoms with E-state index in [-0.39, 0.29) is 18.6 Å². The molecule has 0 aliphatic heterocycles. The van der Waals surface area contributed by atoms with Crippen LogP contribution in [0.4, 0.5) is 0 Å². The van der Waals surface area contributed by atoms with Crippen LogP contribution in [-0.4, -0.2) is 13.2 Å². The number of hydrogen-bond acceptors (Lipinski definition) is 2. The molecule has 0 amide bonds. The first-order valence-electron chi connectivity index (χ1n) is 9.66. The highest BCUT2D eigenvalue weighted by Gasteiger charge is 2.61. The number of rotatable bonds is 5. The number of ether oxygens (including phenoxy) is 2. The molecule has 4 saturated carbocycles. The molecule has 0 spiro atoms. The van der Waals surface area contributed by atoms with E-state index >= 15 is 0 Å². The Bertz CT molecular complexity index is 775. The van der Waals surface area contributed by atoms with E-state index in [1.54, 1.807) is 0 Å². The van der Waals surface area contributed by atoms with Gasteiger partial charge >= 0.3 is 0 Å². The molecular weight excluding hydrogens is 320 g/mol. The van der Waals surface area contributed by atoms with E-state index < -0.39 is 0 Å². The quantitative estimate of drug-likeness (QED) is 0.700. The molecule has 4 aliphatic rings. The van der Waals surface area contributed by atoms with Gasteiger partial charge in [0.2, 0.25) is 0 Å². The summed E-state index contributed by atoms with van der Waals surface area (Å²) in [6.45, 7) is 5.53. The molecule has 0 radical (unpaired) electrons. The third-order valence-electron chi connectivity index (χ3n) is 6.78. The largest absolute Gasteiger partial charge is 0.481 e. The predicted octanol–water partition coefficient (Wildman–Crippen LogP) is 4.96. The lowest BCUT2D eigenvalue weighted by Crippen LogP contribution is -2.56. The summed E-state index contributed by atoms with van der Waals surface area (Å²) < 4.78 is 11.6. The molecule has 2 nitrogen and oxygen atoms in total. The Balaban J connectivity index is 1.74. The van der Waals surface area contributed by atoms with E-state index in [0.717, 1.165) is 17.4 Å². The first-order chi connectivity index (χ1) is 12.4. The summed E-state index contributed by atoms with van der Waals surface area (Å²) in [4.78, 5) is 0. The highest BCUT2D eigenvalue weighted by molar-refractivity contribution is 5.47. The van der Waals surface area contributed by atoms with Gasteiger partial charge in [-0.15, -0.1) is 12.8 Å². The third-order valence-corrected chi connectivity index (χ3v) is 6.78. The normalized spacial score (nSPS) is 37.0. The molecule has 0 N–H and O–H groups in total. The lowest BCUT2D eigenvalue weighted by Gasteiger charge is -2.65. The van der Waals surface area contributed by atoms with Crippen molar-refractivity contribution in [3.8, 4) is 36.2 Å². The van der Waals surface area contributed by atoms with Crippen molar-refractivity contribution in [2.24, 2.45) is 16.7 Å². The summed E-state index contributed by atoms with van der Waals surface area (Å²) in [5.74, 6) is 7.58. The fourth-order valence-electron chi connectivity index (χ4n) is 7.14. The average molecular weight is 348 g/mol. The maximum atomic E-state index is 5.99. The lowest BCUT2D eigenvalue weighted by molar-refractivity contribution is -0.110. The second-order valence-electron chi connectivity index (χ2n) is 9.55. The van der Waals surface area contributed by atoms with Crippen LogP contribution in [0.3, 0.4) is 0 Å². The summed E-state index contributed by atoms with van der Waals surface area (Å²) in [5.41, 5.74) is 2.44. The highest BCUT2D eigenvalue weighted by atomic mass is 16.5. The van der Waals surface area contributed by atoms with Gasteiger partial charge in [-0.3, -0.25) is 0 Å². The van der Waals surface area contributed by atoms with Crippen LogP contribution in [0.1, 0.15) is 57.9 Å². The Morgan fingerprint density at radius 1 is 0.962 bits per heavy atom. The maximum Gasteiger partial charge on any atom is 0.148 e. The molecule has 2 unspecified atom stereocenters. The van der Waals surface area contributed by atoms with Crippen molar-refractivity contribution in [1.82, 2.24) is 0 Å². The minimum Gasteiger partial charge on any atom is -0.481 e. The predicted molar refractivity (Wildman–Crippen MR) is 104 cm³/mol. The van der Waals surface area contributed by atoms with Crippen LogP contribution in [0.25, 0.3) is 0 Å². The van der Waals surface area contributed by atoms with Crippen molar-refractivity contribution in [2.45, 2.75) is 57.8 Å². The van der Waals surface area contributed by atoms with Gasteiger partial charge in [-0.1, -0.05) is 31.8 Å². The van der Waals surface area contributed by atoms with E-state index in [9.17, 15) is 0 Å². The van der Waals surface area contributed by atoms with Gasteiger partial charge in [-0.05, 0) is 61.3 Å². The molecule has 26 heavy (non-hydrogen) atoms. The van der Waals surface area contributed by atoms with Crippen LogP contribution >= 0.6 is 0 Å². The summed E-state index contributed by atoms with van der Waals surface area (Å²) in [5, 5.41) is 0. The van der Waals surface area contributed by atoms with Gasteiger partial charge in [0, 0.05) is 17.0 Å². The number of benzene rings is 1. The van der Waals surface area contributed by atoms with E-state index in [0.29, 0.717) is 10.8 Å². The molecule has 4 bridgehead atoms. The second-order valence-corrected chi connectivity index (χ2v) is 9.55. The molecule has 0 saturated heterocycles. The van der Waals surface area contributed by atoms with Crippen molar-refractivity contribution < 1.29 is 9.47 Å². The van der Waals surface area contributed by atoms with Crippen LogP contribution in [-0.2, 0) is 5.41 Å². The fourth-order valence-corrected chi connectivity index (χ4v) is 7.14. The van der Waals surface area contributed by atoms with Gasteiger partial charge in [0.05, 0.1) is 0 Å². The van der Waals surface area contributed by atoms with Gasteiger partial charge in [0.25, 0.3) is 0 Å². The molecule has 4 fully saturated rings. The minimum atomic E-state index is 0.206. The van der Waals surface area contributed by atoms with Gasteiger partial charge < -0.3 is 9.47 Å². The minimum absolute atomic E-state index is 0.206. The van der Waals surface area contributed by atoms with Gasteiger partial charge in [0.15, 0.2) is 0 Å². The first kappa shape index (κ1) is 17.4.